The number of para-hydroxylation sites is 2. The summed E-state index contributed by atoms with van der Waals surface area (Å²) in [5.41, 5.74) is 1.49. The van der Waals surface area contributed by atoms with Crippen LogP contribution in [0.5, 0.6) is 0 Å². The molecule has 1 aliphatic rings. The van der Waals surface area contributed by atoms with Crippen molar-refractivity contribution >= 4 is 54.7 Å². The van der Waals surface area contributed by atoms with Gasteiger partial charge in [-0.2, -0.15) is 0 Å². The quantitative estimate of drug-likeness (QED) is 0.794. The Hall–Kier alpha value is -0.880. The van der Waals surface area contributed by atoms with Gasteiger partial charge in [-0.3, -0.25) is 10.1 Å². The largest absolute Gasteiger partial charge is 0.310 e. The van der Waals surface area contributed by atoms with E-state index in [0.717, 1.165) is 24.0 Å². The highest BCUT2D eigenvalue weighted by Gasteiger charge is 2.66. The predicted octanol–water partition coefficient (Wildman–Crippen LogP) is 3.89. The van der Waals surface area contributed by atoms with Crippen LogP contribution < -0.4 is 5.32 Å². The van der Waals surface area contributed by atoms with Gasteiger partial charge >= 0.3 is 0 Å². The highest BCUT2D eigenvalue weighted by molar-refractivity contribution is 9.25. The van der Waals surface area contributed by atoms with Crippen LogP contribution in [-0.4, -0.2) is 18.7 Å². The third-order valence-corrected chi connectivity index (χ3v) is 6.27. The van der Waals surface area contributed by atoms with Crippen molar-refractivity contribution in [1.82, 2.24) is 9.55 Å². The summed E-state index contributed by atoms with van der Waals surface area (Å²) in [7, 11) is 0. The second kappa shape index (κ2) is 4.56. The molecule has 1 N–H and O–H groups in total. The number of benzene rings is 1. The topological polar surface area (TPSA) is 46.9 Å². The molecule has 6 heteroatoms. The number of aromatic nitrogens is 2. The van der Waals surface area contributed by atoms with Gasteiger partial charge in [0.2, 0.25) is 11.9 Å². The van der Waals surface area contributed by atoms with Crippen LogP contribution in [0.3, 0.4) is 0 Å². The normalized spacial score (nSPS) is 23.8. The minimum absolute atomic E-state index is 0.0174. The van der Waals surface area contributed by atoms with Gasteiger partial charge in [-0.05, 0) is 32.4 Å². The van der Waals surface area contributed by atoms with E-state index in [1.54, 1.807) is 0 Å². The SMILES string of the molecule is CCn1c(NC(=O)C2(C)CC2(Br)Br)nc2ccccc21. The Bertz CT molecular complexity index is 695. The Morgan fingerprint density at radius 3 is 2.70 bits per heavy atom. The molecule has 1 amide bonds. The van der Waals surface area contributed by atoms with Gasteiger partial charge in [0.15, 0.2) is 0 Å². The number of hydrogen-bond acceptors (Lipinski definition) is 2. The first-order valence-corrected chi connectivity index (χ1v) is 8.12. The summed E-state index contributed by atoms with van der Waals surface area (Å²) in [5.74, 6) is 0.596. The lowest BCUT2D eigenvalue weighted by Crippen LogP contribution is -2.27. The molecular weight excluding hydrogens is 386 g/mol. The van der Waals surface area contributed by atoms with Crippen LogP contribution in [0.2, 0.25) is 0 Å². The number of hydrogen-bond donors (Lipinski definition) is 1. The molecule has 1 unspecified atom stereocenters. The van der Waals surface area contributed by atoms with E-state index in [1.165, 1.54) is 0 Å². The summed E-state index contributed by atoms with van der Waals surface area (Å²) >= 11 is 7.04. The fraction of sp³-hybridized carbons (Fsp3) is 0.429. The summed E-state index contributed by atoms with van der Waals surface area (Å²) in [6.07, 6.45) is 0.762. The molecule has 1 aromatic carbocycles. The highest BCUT2D eigenvalue weighted by Crippen LogP contribution is 2.66. The first-order valence-electron chi connectivity index (χ1n) is 6.53. The van der Waals surface area contributed by atoms with Gasteiger partial charge < -0.3 is 4.57 Å². The lowest BCUT2D eigenvalue weighted by atomic mass is 10.1. The average molecular weight is 401 g/mol. The van der Waals surface area contributed by atoms with E-state index in [0.29, 0.717) is 5.95 Å². The van der Waals surface area contributed by atoms with E-state index in [-0.39, 0.29) is 9.14 Å². The number of anilines is 1. The maximum absolute atomic E-state index is 12.4. The number of aryl methyl sites for hydroxylation is 1. The van der Waals surface area contributed by atoms with Gasteiger partial charge in [0, 0.05) is 6.54 Å². The lowest BCUT2D eigenvalue weighted by Gasteiger charge is -2.13. The zero-order valence-electron chi connectivity index (χ0n) is 11.3. The van der Waals surface area contributed by atoms with Crippen molar-refractivity contribution in [2.45, 2.75) is 30.0 Å². The van der Waals surface area contributed by atoms with Gasteiger partial charge in [0.1, 0.15) is 0 Å². The zero-order chi connectivity index (χ0) is 14.5. The highest BCUT2D eigenvalue weighted by atomic mass is 79.9. The van der Waals surface area contributed by atoms with Crippen LogP contribution in [0, 0.1) is 5.41 Å². The summed E-state index contributed by atoms with van der Waals surface area (Å²) < 4.78 is 1.73. The number of carbonyl (C=O) groups excluding carboxylic acids is 1. The molecule has 1 aromatic heterocycles. The smallest absolute Gasteiger partial charge is 0.234 e. The zero-order valence-corrected chi connectivity index (χ0v) is 14.5. The molecule has 1 saturated carbocycles. The number of nitrogens with one attached hydrogen (secondary N) is 1. The first-order chi connectivity index (χ1) is 9.39. The maximum Gasteiger partial charge on any atom is 0.234 e. The number of amides is 1. The van der Waals surface area contributed by atoms with Gasteiger partial charge in [-0.25, -0.2) is 4.98 Å². The van der Waals surface area contributed by atoms with Crippen molar-refractivity contribution < 1.29 is 4.79 Å². The van der Waals surface area contributed by atoms with Crippen molar-refractivity contribution in [2.24, 2.45) is 5.41 Å². The molecule has 3 rings (SSSR count). The summed E-state index contributed by atoms with van der Waals surface area (Å²) in [4.78, 5) is 16.9. The minimum atomic E-state index is -0.441. The molecule has 1 aliphatic carbocycles. The van der Waals surface area contributed by atoms with Crippen LogP contribution in [0.4, 0.5) is 5.95 Å². The monoisotopic (exact) mass is 399 g/mol. The van der Waals surface area contributed by atoms with E-state index in [4.69, 9.17) is 0 Å². The molecule has 0 radical (unpaired) electrons. The van der Waals surface area contributed by atoms with Crippen LogP contribution in [0.25, 0.3) is 11.0 Å². The molecule has 1 heterocycles. The number of nitrogens with zero attached hydrogens (tertiary/aromatic N) is 2. The molecule has 1 atom stereocenters. The molecule has 20 heavy (non-hydrogen) atoms. The first kappa shape index (κ1) is 14.1. The Kier molecular flexibility index (Phi) is 3.21. The van der Waals surface area contributed by atoms with Gasteiger partial charge in [0.05, 0.1) is 19.7 Å². The van der Waals surface area contributed by atoms with Crippen molar-refractivity contribution in [3.8, 4) is 0 Å². The van der Waals surface area contributed by atoms with E-state index in [1.807, 2.05) is 42.7 Å². The minimum Gasteiger partial charge on any atom is -0.310 e. The van der Waals surface area contributed by atoms with E-state index in [2.05, 4.69) is 42.2 Å². The van der Waals surface area contributed by atoms with E-state index >= 15 is 0 Å². The Morgan fingerprint density at radius 1 is 1.45 bits per heavy atom. The van der Waals surface area contributed by atoms with Crippen LogP contribution in [0.1, 0.15) is 20.3 Å². The van der Waals surface area contributed by atoms with Gasteiger partial charge in [-0.1, -0.05) is 44.0 Å². The van der Waals surface area contributed by atoms with Crippen molar-refractivity contribution in [1.29, 1.82) is 0 Å². The number of rotatable bonds is 3. The second-order valence-electron chi connectivity index (χ2n) is 5.34. The summed E-state index contributed by atoms with van der Waals surface area (Å²) in [6.45, 7) is 4.74. The van der Waals surface area contributed by atoms with Crippen molar-refractivity contribution in [2.75, 3.05) is 5.32 Å². The summed E-state index contributed by atoms with van der Waals surface area (Å²) in [6, 6.07) is 7.89. The third kappa shape index (κ3) is 2.00. The van der Waals surface area contributed by atoms with E-state index < -0.39 is 5.41 Å². The predicted molar refractivity (Wildman–Crippen MR) is 87.3 cm³/mol. The number of halogens is 2. The lowest BCUT2D eigenvalue weighted by molar-refractivity contribution is -0.120. The molecule has 106 valence electrons. The Balaban J connectivity index is 1.94. The fourth-order valence-electron chi connectivity index (χ4n) is 2.38. The van der Waals surface area contributed by atoms with Crippen LogP contribution >= 0.6 is 31.9 Å². The maximum atomic E-state index is 12.4. The second-order valence-corrected chi connectivity index (χ2v) is 9.11. The van der Waals surface area contributed by atoms with E-state index in [9.17, 15) is 4.79 Å². The molecule has 2 aromatic rings. The molecule has 0 bridgehead atoms. The summed E-state index contributed by atoms with van der Waals surface area (Å²) in [5, 5.41) is 2.96. The molecule has 1 fully saturated rings. The Labute approximate surface area is 134 Å². The average Bonchev–Trinajstić information content (AvgIpc) is 2.78. The Morgan fingerprint density at radius 2 is 2.10 bits per heavy atom. The van der Waals surface area contributed by atoms with Crippen molar-refractivity contribution in [3.05, 3.63) is 24.3 Å². The number of fused-ring (bicyclic) bond motifs is 1. The third-order valence-electron chi connectivity index (χ3n) is 3.96. The van der Waals surface area contributed by atoms with Crippen LogP contribution in [0.15, 0.2) is 24.3 Å². The van der Waals surface area contributed by atoms with Gasteiger partial charge in [-0.15, -0.1) is 0 Å². The number of alkyl halides is 2. The number of carbonyl (C=O) groups is 1. The molecular formula is C14H15Br2N3O. The van der Waals surface area contributed by atoms with Crippen molar-refractivity contribution in [3.63, 3.8) is 0 Å². The molecule has 0 saturated heterocycles. The number of imidazole rings is 1. The van der Waals surface area contributed by atoms with Gasteiger partial charge in [0.25, 0.3) is 0 Å². The van der Waals surface area contributed by atoms with Crippen LogP contribution in [-0.2, 0) is 11.3 Å². The standard InChI is InChI=1S/C14H15Br2N3O/c1-3-19-10-7-5-4-6-9(10)17-12(19)18-11(20)13(2)8-14(13,15)16/h4-7H,3,8H2,1-2H3,(H,17,18,20). The fourth-order valence-corrected chi connectivity index (χ4v) is 3.86. The molecule has 4 nitrogen and oxygen atoms in total. The molecule has 0 aliphatic heterocycles. The molecule has 0 spiro atoms.